The van der Waals surface area contributed by atoms with Crippen molar-refractivity contribution in [3.8, 4) is 0 Å². The number of carbonyl (C=O) groups excluding carboxylic acids is 2. The van der Waals surface area contributed by atoms with Crippen molar-refractivity contribution in [2.75, 3.05) is 36.1 Å². The van der Waals surface area contributed by atoms with Gasteiger partial charge in [0, 0.05) is 30.5 Å². The monoisotopic (exact) mass is 541 g/mol. The van der Waals surface area contributed by atoms with Crippen LogP contribution in [0.15, 0.2) is 71.3 Å². The van der Waals surface area contributed by atoms with Crippen LogP contribution in [0.2, 0.25) is 0 Å². The maximum atomic E-state index is 13.9. The first-order valence-corrected chi connectivity index (χ1v) is 13.1. The Morgan fingerprint density at radius 3 is 2.33 bits per heavy atom. The maximum absolute atomic E-state index is 13.9. The Hall–Kier alpha value is -3.79. The third-order valence-electron chi connectivity index (χ3n) is 7.20. The maximum Gasteiger partial charge on any atom is 0.416 e. The number of nitrogens with zero attached hydrogens (tertiary/aromatic N) is 2. The molecule has 0 radical (unpaired) electrons. The van der Waals surface area contributed by atoms with Gasteiger partial charge in [0.05, 0.1) is 25.0 Å². The van der Waals surface area contributed by atoms with Crippen LogP contribution in [-0.2, 0) is 15.7 Å². The summed E-state index contributed by atoms with van der Waals surface area (Å²) in [5.41, 5.74) is 0.421. The Morgan fingerprint density at radius 2 is 1.69 bits per heavy atom. The lowest BCUT2D eigenvalue weighted by Crippen LogP contribution is -2.46. The first-order valence-electron chi connectivity index (χ1n) is 13.1. The van der Waals surface area contributed by atoms with Gasteiger partial charge in [0.25, 0.3) is 5.91 Å². The number of nitrogens with one attached hydrogen (secondary N) is 1. The molecule has 1 saturated heterocycles. The third kappa shape index (κ3) is 6.11. The highest BCUT2D eigenvalue weighted by molar-refractivity contribution is 6.08. The summed E-state index contributed by atoms with van der Waals surface area (Å²) < 4.78 is 51.8. The minimum atomic E-state index is -4.63. The Kier molecular flexibility index (Phi) is 7.92. The van der Waals surface area contributed by atoms with Crippen molar-refractivity contribution in [1.29, 1.82) is 0 Å². The minimum Gasteiger partial charge on any atom is -0.459 e. The van der Waals surface area contributed by atoms with Gasteiger partial charge in [-0.05, 0) is 60.9 Å². The molecule has 2 heterocycles. The molecule has 5 rings (SSSR count). The van der Waals surface area contributed by atoms with E-state index in [1.165, 1.54) is 30.5 Å². The van der Waals surface area contributed by atoms with Crippen LogP contribution in [0, 0.1) is 0 Å². The quantitative estimate of drug-likeness (QED) is 0.423. The van der Waals surface area contributed by atoms with Gasteiger partial charge in [-0.25, -0.2) is 0 Å². The van der Waals surface area contributed by atoms with E-state index in [2.05, 4.69) is 10.2 Å². The molecule has 7 nitrogen and oxygen atoms in total. The second kappa shape index (κ2) is 11.5. The Labute approximate surface area is 224 Å². The fourth-order valence-electron chi connectivity index (χ4n) is 5.19. The topological polar surface area (TPSA) is 75.0 Å². The van der Waals surface area contributed by atoms with Crippen LogP contribution in [-0.4, -0.2) is 44.2 Å². The number of hydrogen-bond donors (Lipinski definition) is 1. The lowest BCUT2D eigenvalue weighted by atomic mass is 10.0. The van der Waals surface area contributed by atoms with E-state index in [9.17, 15) is 22.8 Å². The van der Waals surface area contributed by atoms with Crippen LogP contribution in [0.25, 0.3) is 0 Å². The van der Waals surface area contributed by atoms with E-state index in [-0.39, 0.29) is 17.5 Å². The molecule has 2 aliphatic rings. The zero-order valence-electron chi connectivity index (χ0n) is 21.3. The van der Waals surface area contributed by atoms with Gasteiger partial charge < -0.3 is 19.4 Å². The number of carbonyl (C=O) groups is 2. The highest BCUT2D eigenvalue weighted by atomic mass is 19.4. The van der Waals surface area contributed by atoms with Gasteiger partial charge in [0.2, 0.25) is 5.91 Å². The standard InChI is InChI=1S/C29H30F3N3O4/c30-29(31,32)21-5-3-8-24(19-21)35(28(37)25-9-4-16-39-25)26(27(36)33-22-6-1-2-7-22)20-10-12-23(13-11-20)34-14-17-38-18-15-34/h3-5,8-13,16,19,22,26H,1-2,6-7,14-15,17-18H2,(H,33,36)/t26-/m1/s1. The number of ether oxygens (including phenoxy) is 1. The van der Waals surface area contributed by atoms with Crippen molar-refractivity contribution in [2.24, 2.45) is 0 Å². The molecule has 10 heteroatoms. The summed E-state index contributed by atoms with van der Waals surface area (Å²) in [6, 6.07) is 13.3. The van der Waals surface area contributed by atoms with Crippen molar-refractivity contribution >= 4 is 23.2 Å². The predicted molar refractivity (Wildman–Crippen MR) is 140 cm³/mol. The fraction of sp³-hybridized carbons (Fsp3) is 0.379. The van der Waals surface area contributed by atoms with Crippen molar-refractivity contribution in [3.05, 3.63) is 83.8 Å². The molecule has 39 heavy (non-hydrogen) atoms. The number of benzene rings is 2. The Bertz CT molecular complexity index is 1270. The Balaban J connectivity index is 1.58. The predicted octanol–water partition coefficient (Wildman–Crippen LogP) is 5.58. The minimum absolute atomic E-state index is 0.0601. The highest BCUT2D eigenvalue weighted by Gasteiger charge is 2.38. The molecule has 1 aromatic heterocycles. The van der Waals surface area contributed by atoms with Gasteiger partial charge in [-0.2, -0.15) is 13.2 Å². The first kappa shape index (κ1) is 26.8. The summed E-state index contributed by atoms with van der Waals surface area (Å²) in [6.07, 6.45) is 0.256. The summed E-state index contributed by atoms with van der Waals surface area (Å²) in [4.78, 5) is 30.9. The van der Waals surface area contributed by atoms with Crippen molar-refractivity contribution < 1.29 is 31.9 Å². The highest BCUT2D eigenvalue weighted by Crippen LogP contribution is 2.36. The van der Waals surface area contributed by atoms with E-state index in [0.29, 0.717) is 18.8 Å². The second-order valence-electron chi connectivity index (χ2n) is 9.78. The number of halogens is 3. The third-order valence-corrected chi connectivity index (χ3v) is 7.20. The SMILES string of the molecule is O=C(NC1CCCC1)[C@@H](c1ccc(N2CCOCC2)cc1)N(C(=O)c1ccco1)c1cccc(C(F)(F)F)c1. The molecule has 1 aliphatic carbocycles. The van der Waals surface area contributed by atoms with Gasteiger partial charge in [0.15, 0.2) is 5.76 Å². The van der Waals surface area contributed by atoms with Gasteiger partial charge >= 0.3 is 6.18 Å². The largest absolute Gasteiger partial charge is 0.459 e. The lowest BCUT2D eigenvalue weighted by molar-refractivity contribution is -0.137. The average molecular weight is 542 g/mol. The number of anilines is 2. The van der Waals surface area contributed by atoms with Crippen LogP contribution in [0.3, 0.4) is 0 Å². The molecule has 1 atom stereocenters. The van der Waals surface area contributed by atoms with Crippen LogP contribution in [0.1, 0.15) is 53.4 Å². The van der Waals surface area contributed by atoms with E-state index >= 15 is 0 Å². The zero-order chi connectivity index (χ0) is 27.4. The lowest BCUT2D eigenvalue weighted by Gasteiger charge is -2.33. The molecule has 3 aromatic rings. The molecule has 0 spiro atoms. The molecular weight excluding hydrogens is 511 g/mol. The molecule has 0 bridgehead atoms. The Morgan fingerprint density at radius 1 is 0.974 bits per heavy atom. The summed E-state index contributed by atoms with van der Waals surface area (Å²) in [7, 11) is 0. The molecular formula is C29H30F3N3O4. The number of hydrogen-bond acceptors (Lipinski definition) is 5. The van der Waals surface area contributed by atoms with Crippen LogP contribution in [0.4, 0.5) is 24.5 Å². The second-order valence-corrected chi connectivity index (χ2v) is 9.78. The van der Waals surface area contributed by atoms with E-state index in [4.69, 9.17) is 9.15 Å². The number of amides is 2. The van der Waals surface area contributed by atoms with E-state index in [1.54, 1.807) is 12.1 Å². The van der Waals surface area contributed by atoms with Gasteiger partial charge in [-0.1, -0.05) is 31.0 Å². The van der Waals surface area contributed by atoms with E-state index in [1.807, 2.05) is 12.1 Å². The van der Waals surface area contributed by atoms with Crippen molar-refractivity contribution in [2.45, 2.75) is 43.9 Å². The van der Waals surface area contributed by atoms with Crippen molar-refractivity contribution in [1.82, 2.24) is 5.32 Å². The zero-order valence-corrected chi connectivity index (χ0v) is 21.3. The number of rotatable bonds is 7. The first-order chi connectivity index (χ1) is 18.8. The van der Waals surface area contributed by atoms with Gasteiger partial charge in [-0.3, -0.25) is 14.5 Å². The van der Waals surface area contributed by atoms with Crippen molar-refractivity contribution in [3.63, 3.8) is 0 Å². The van der Waals surface area contributed by atoms with Crippen LogP contribution < -0.4 is 15.1 Å². The van der Waals surface area contributed by atoms with Crippen LogP contribution >= 0.6 is 0 Å². The molecule has 2 amide bonds. The molecule has 1 saturated carbocycles. The molecule has 1 N–H and O–H groups in total. The summed E-state index contributed by atoms with van der Waals surface area (Å²) in [6.45, 7) is 2.65. The molecule has 0 unspecified atom stereocenters. The fourth-order valence-corrected chi connectivity index (χ4v) is 5.19. The smallest absolute Gasteiger partial charge is 0.416 e. The molecule has 206 valence electrons. The summed E-state index contributed by atoms with van der Waals surface area (Å²) in [5.74, 6) is -1.27. The summed E-state index contributed by atoms with van der Waals surface area (Å²) >= 11 is 0. The normalized spacial score (nSPS) is 17.2. The molecule has 2 aromatic carbocycles. The number of morpholine rings is 1. The van der Waals surface area contributed by atoms with Crippen LogP contribution in [0.5, 0.6) is 0 Å². The summed E-state index contributed by atoms with van der Waals surface area (Å²) in [5, 5.41) is 3.04. The van der Waals surface area contributed by atoms with E-state index in [0.717, 1.165) is 61.5 Å². The van der Waals surface area contributed by atoms with Gasteiger partial charge in [-0.15, -0.1) is 0 Å². The number of alkyl halides is 3. The van der Waals surface area contributed by atoms with Gasteiger partial charge in [0.1, 0.15) is 6.04 Å². The average Bonchev–Trinajstić information content (AvgIpc) is 3.67. The number of furan rings is 1. The molecule has 2 fully saturated rings. The van der Waals surface area contributed by atoms with E-state index < -0.39 is 29.6 Å². The molecule has 1 aliphatic heterocycles.